The van der Waals surface area contributed by atoms with Gasteiger partial charge in [-0.25, -0.2) is 0 Å². The summed E-state index contributed by atoms with van der Waals surface area (Å²) in [6.45, 7) is 4.41. The second-order valence-electron chi connectivity index (χ2n) is 10.1. The monoisotopic (exact) mass is 635 g/mol. The van der Waals surface area contributed by atoms with Crippen molar-refractivity contribution in [3.05, 3.63) is 93.4 Å². The van der Waals surface area contributed by atoms with E-state index in [-0.39, 0.29) is 23.5 Å². The van der Waals surface area contributed by atoms with Crippen molar-refractivity contribution in [2.45, 2.75) is 25.9 Å². The van der Waals surface area contributed by atoms with Crippen LogP contribution in [-0.2, 0) is 23.8 Å². The van der Waals surface area contributed by atoms with Crippen molar-refractivity contribution in [1.29, 1.82) is 0 Å². The van der Waals surface area contributed by atoms with Gasteiger partial charge in [-0.05, 0) is 66.2 Å². The number of nitrogens with zero attached hydrogens (tertiary/aromatic N) is 3. The van der Waals surface area contributed by atoms with Gasteiger partial charge in [0.05, 0.1) is 23.1 Å². The number of carbonyl (C=O) groups is 1. The van der Waals surface area contributed by atoms with Gasteiger partial charge in [0.1, 0.15) is 6.61 Å². The van der Waals surface area contributed by atoms with Gasteiger partial charge in [-0.2, -0.15) is 31.3 Å². The number of aliphatic imine (C=N–C) groups is 1. The van der Waals surface area contributed by atoms with Crippen LogP contribution in [0.5, 0.6) is 11.5 Å². The van der Waals surface area contributed by atoms with Crippen molar-refractivity contribution in [3.63, 3.8) is 0 Å². The standard InChI is InChI=1S/C31H27F6N3O3S/c1-19-5-3-4-6-24(19)39-11-13-40(14-12-39)29-38-28(41)27(44-29)16-20-7-10-25(26(15-20)42-2)43-18-21-8-9-22(30(32,33)34)17-23(21)31(35,36)37/h3-10,15-17H,11-14,18H2,1-2H3. The van der Waals surface area contributed by atoms with Crippen molar-refractivity contribution >= 4 is 34.6 Å². The van der Waals surface area contributed by atoms with Gasteiger partial charge >= 0.3 is 12.4 Å². The SMILES string of the molecule is COc1cc(C=C2SC(N3CCN(c4ccccc4C)CC3)=NC2=O)ccc1OCc1ccc(C(F)(F)F)cc1C(F)(F)F. The molecule has 0 aliphatic carbocycles. The maximum atomic E-state index is 13.5. The van der Waals surface area contributed by atoms with Gasteiger partial charge < -0.3 is 19.3 Å². The molecule has 0 aromatic heterocycles. The summed E-state index contributed by atoms with van der Waals surface area (Å²) in [6, 6.07) is 14.2. The van der Waals surface area contributed by atoms with Crippen LogP contribution in [-0.4, -0.2) is 49.3 Å². The van der Waals surface area contributed by atoms with Crippen LogP contribution in [0.1, 0.15) is 27.8 Å². The summed E-state index contributed by atoms with van der Waals surface area (Å²) in [5.41, 5.74) is -0.346. The molecule has 0 N–H and O–H groups in total. The molecule has 13 heteroatoms. The average Bonchev–Trinajstić information content (AvgIpc) is 3.35. The Hall–Kier alpha value is -4.13. The molecule has 1 saturated heterocycles. The fraction of sp³-hybridized carbons (Fsp3) is 0.290. The Kier molecular flexibility index (Phi) is 8.87. The summed E-state index contributed by atoms with van der Waals surface area (Å²) in [5.74, 6) is -0.132. The number of anilines is 1. The Labute approximate surface area is 254 Å². The third-order valence-electron chi connectivity index (χ3n) is 7.23. The van der Waals surface area contributed by atoms with Crippen molar-refractivity contribution < 1.29 is 40.6 Å². The fourth-order valence-electron chi connectivity index (χ4n) is 4.93. The van der Waals surface area contributed by atoms with Crippen molar-refractivity contribution in [2.24, 2.45) is 4.99 Å². The lowest BCUT2D eigenvalue weighted by atomic mass is 10.0. The number of benzene rings is 3. The summed E-state index contributed by atoms with van der Waals surface area (Å²) in [4.78, 5) is 21.7. The number of amidine groups is 1. The first-order valence-corrected chi connectivity index (χ1v) is 14.3. The number of para-hydroxylation sites is 1. The van der Waals surface area contributed by atoms with Crippen LogP contribution < -0.4 is 14.4 Å². The van der Waals surface area contributed by atoms with Crippen LogP contribution in [0.15, 0.2) is 70.6 Å². The first-order valence-electron chi connectivity index (χ1n) is 13.5. The largest absolute Gasteiger partial charge is 0.493 e. The fourth-order valence-corrected chi connectivity index (χ4v) is 5.90. The van der Waals surface area contributed by atoms with E-state index < -0.39 is 35.6 Å². The van der Waals surface area contributed by atoms with E-state index in [1.54, 1.807) is 18.2 Å². The molecular weight excluding hydrogens is 608 g/mol. The lowest BCUT2D eigenvalue weighted by molar-refractivity contribution is -0.143. The number of thioether (sulfide) groups is 1. The van der Waals surface area contributed by atoms with Crippen molar-refractivity contribution in [2.75, 3.05) is 38.2 Å². The summed E-state index contributed by atoms with van der Waals surface area (Å²) in [7, 11) is 1.34. The molecule has 2 aliphatic rings. The predicted molar refractivity (Wildman–Crippen MR) is 157 cm³/mol. The highest BCUT2D eigenvalue weighted by Crippen LogP contribution is 2.39. The number of rotatable bonds is 6. The third-order valence-corrected chi connectivity index (χ3v) is 8.27. The molecule has 0 spiro atoms. The van der Waals surface area contributed by atoms with E-state index in [1.165, 1.54) is 36.2 Å². The number of hydrogen-bond acceptors (Lipinski definition) is 6. The molecule has 0 bridgehead atoms. The number of methoxy groups -OCH3 is 1. The number of carbonyl (C=O) groups excluding carboxylic acids is 1. The number of halogens is 6. The Morgan fingerprint density at radius 3 is 2.25 bits per heavy atom. The number of piperazine rings is 1. The maximum absolute atomic E-state index is 13.5. The molecule has 0 saturated carbocycles. The molecular formula is C31H27F6N3O3S. The summed E-state index contributed by atoms with van der Waals surface area (Å²) in [6.07, 6.45) is -8.30. The summed E-state index contributed by atoms with van der Waals surface area (Å²) in [5, 5.41) is 0.620. The molecule has 2 heterocycles. The van der Waals surface area contributed by atoms with E-state index in [1.807, 2.05) is 12.1 Å². The van der Waals surface area contributed by atoms with Gasteiger partial charge in [0.2, 0.25) is 0 Å². The zero-order valence-corrected chi connectivity index (χ0v) is 24.4. The molecule has 2 aliphatic heterocycles. The molecule has 3 aromatic carbocycles. The normalized spacial score (nSPS) is 16.9. The first-order chi connectivity index (χ1) is 20.8. The molecule has 5 rings (SSSR count). The molecule has 0 atom stereocenters. The molecule has 1 amide bonds. The second kappa shape index (κ2) is 12.5. The van der Waals surface area contributed by atoms with Crippen molar-refractivity contribution in [3.8, 4) is 11.5 Å². The molecule has 3 aromatic rings. The highest BCUT2D eigenvalue weighted by atomic mass is 32.2. The zero-order chi connectivity index (χ0) is 31.6. The Balaban J connectivity index is 1.25. The van der Waals surface area contributed by atoms with E-state index in [9.17, 15) is 31.1 Å². The number of amides is 1. The Morgan fingerprint density at radius 1 is 0.886 bits per heavy atom. The maximum Gasteiger partial charge on any atom is 0.416 e. The second-order valence-corrected chi connectivity index (χ2v) is 11.1. The number of aryl methyl sites for hydroxylation is 1. The highest BCUT2D eigenvalue weighted by Gasteiger charge is 2.38. The van der Waals surface area contributed by atoms with E-state index in [0.29, 0.717) is 34.8 Å². The van der Waals surface area contributed by atoms with Crippen LogP contribution in [0.3, 0.4) is 0 Å². The summed E-state index contributed by atoms with van der Waals surface area (Å²) < 4.78 is 90.4. The third kappa shape index (κ3) is 6.98. The van der Waals surface area contributed by atoms with Gasteiger partial charge in [0.15, 0.2) is 16.7 Å². The van der Waals surface area contributed by atoms with Gasteiger partial charge in [0, 0.05) is 37.4 Å². The Bertz CT molecular complexity index is 1610. The average molecular weight is 636 g/mol. The molecule has 232 valence electrons. The zero-order valence-electron chi connectivity index (χ0n) is 23.6. The van der Waals surface area contributed by atoms with Crippen LogP contribution in [0.2, 0.25) is 0 Å². The van der Waals surface area contributed by atoms with E-state index in [2.05, 4.69) is 33.8 Å². The minimum absolute atomic E-state index is 0.0714. The minimum atomic E-state index is -5.01. The van der Waals surface area contributed by atoms with Gasteiger partial charge in [-0.1, -0.05) is 30.3 Å². The van der Waals surface area contributed by atoms with Crippen LogP contribution in [0.25, 0.3) is 6.08 Å². The van der Waals surface area contributed by atoms with Gasteiger partial charge in [0.25, 0.3) is 5.91 Å². The van der Waals surface area contributed by atoms with Crippen LogP contribution >= 0.6 is 11.8 Å². The van der Waals surface area contributed by atoms with E-state index in [0.717, 1.165) is 19.2 Å². The summed E-state index contributed by atoms with van der Waals surface area (Å²) >= 11 is 1.26. The lowest BCUT2D eigenvalue weighted by Gasteiger charge is -2.37. The molecule has 44 heavy (non-hydrogen) atoms. The molecule has 0 unspecified atom stereocenters. The molecule has 0 radical (unpaired) electrons. The molecule has 1 fully saturated rings. The number of hydrogen-bond donors (Lipinski definition) is 0. The van der Waals surface area contributed by atoms with Gasteiger partial charge in [-0.15, -0.1) is 0 Å². The smallest absolute Gasteiger partial charge is 0.416 e. The number of ether oxygens (including phenoxy) is 2. The first kappa shape index (κ1) is 31.3. The van der Waals surface area contributed by atoms with E-state index >= 15 is 0 Å². The predicted octanol–water partition coefficient (Wildman–Crippen LogP) is 7.41. The van der Waals surface area contributed by atoms with E-state index in [4.69, 9.17) is 9.47 Å². The lowest BCUT2D eigenvalue weighted by Crippen LogP contribution is -2.48. The van der Waals surface area contributed by atoms with Crippen LogP contribution in [0, 0.1) is 6.92 Å². The topological polar surface area (TPSA) is 54.4 Å². The van der Waals surface area contributed by atoms with Crippen LogP contribution in [0.4, 0.5) is 32.0 Å². The number of alkyl halides is 6. The Morgan fingerprint density at radius 2 is 1.59 bits per heavy atom. The van der Waals surface area contributed by atoms with Crippen molar-refractivity contribution in [1.82, 2.24) is 4.90 Å². The molecule has 6 nitrogen and oxygen atoms in total. The quantitative estimate of drug-likeness (QED) is 0.208. The van der Waals surface area contributed by atoms with Gasteiger partial charge in [-0.3, -0.25) is 4.79 Å². The highest BCUT2D eigenvalue weighted by molar-refractivity contribution is 8.18. The minimum Gasteiger partial charge on any atom is -0.493 e.